The van der Waals surface area contributed by atoms with Crippen molar-refractivity contribution in [1.82, 2.24) is 9.55 Å². The Balaban J connectivity index is 1.54. The van der Waals surface area contributed by atoms with Crippen molar-refractivity contribution in [2.45, 2.75) is 38.5 Å². The SMILES string of the molecule is CC(OCc1ccccc1)C(CCc1cccc2ccccc12)n1cnc(C(N)=O)c1. The van der Waals surface area contributed by atoms with E-state index in [4.69, 9.17) is 10.5 Å². The number of carbonyl (C=O) groups is 1. The maximum Gasteiger partial charge on any atom is 0.268 e. The van der Waals surface area contributed by atoms with Crippen LogP contribution in [0.1, 0.15) is 41.0 Å². The van der Waals surface area contributed by atoms with Crippen molar-refractivity contribution in [1.29, 1.82) is 0 Å². The number of nitrogens with zero attached hydrogens (tertiary/aromatic N) is 2. The standard InChI is InChI=1S/C26H27N3O2/c1-19(31-17-20-8-3-2-4-9-20)25(29-16-24(26(27)30)28-18-29)15-14-22-12-7-11-21-10-5-6-13-23(21)22/h2-13,16,18-19,25H,14-15,17H2,1H3,(H2,27,30). The van der Waals surface area contributed by atoms with E-state index >= 15 is 0 Å². The molecule has 2 atom stereocenters. The lowest BCUT2D eigenvalue weighted by molar-refractivity contribution is 0.0149. The van der Waals surface area contributed by atoms with Crippen molar-refractivity contribution < 1.29 is 9.53 Å². The van der Waals surface area contributed by atoms with Crippen molar-refractivity contribution in [3.8, 4) is 0 Å². The van der Waals surface area contributed by atoms with Crippen LogP contribution in [0.15, 0.2) is 85.3 Å². The van der Waals surface area contributed by atoms with E-state index < -0.39 is 5.91 Å². The first kappa shape index (κ1) is 20.8. The zero-order chi connectivity index (χ0) is 21.6. The van der Waals surface area contributed by atoms with Gasteiger partial charge in [0.2, 0.25) is 0 Å². The van der Waals surface area contributed by atoms with Gasteiger partial charge in [-0.1, -0.05) is 72.8 Å². The normalized spacial score (nSPS) is 13.2. The smallest absolute Gasteiger partial charge is 0.268 e. The van der Waals surface area contributed by atoms with Gasteiger partial charge in [-0.2, -0.15) is 0 Å². The van der Waals surface area contributed by atoms with Crippen LogP contribution >= 0.6 is 0 Å². The quantitative estimate of drug-likeness (QED) is 0.424. The molecule has 0 aliphatic rings. The minimum atomic E-state index is -0.524. The Morgan fingerprint density at radius 2 is 1.77 bits per heavy atom. The first-order valence-electron chi connectivity index (χ1n) is 10.6. The van der Waals surface area contributed by atoms with E-state index in [1.54, 1.807) is 12.5 Å². The van der Waals surface area contributed by atoms with Gasteiger partial charge in [0.25, 0.3) is 5.91 Å². The number of hydrogen-bond donors (Lipinski definition) is 1. The van der Waals surface area contributed by atoms with Gasteiger partial charge in [-0.25, -0.2) is 4.98 Å². The van der Waals surface area contributed by atoms with Crippen LogP contribution in [0.3, 0.4) is 0 Å². The molecular formula is C26H27N3O2. The topological polar surface area (TPSA) is 70.1 Å². The molecule has 0 spiro atoms. The molecule has 3 aromatic carbocycles. The zero-order valence-electron chi connectivity index (χ0n) is 17.6. The van der Waals surface area contributed by atoms with Crippen LogP contribution < -0.4 is 5.73 Å². The molecule has 5 nitrogen and oxygen atoms in total. The molecule has 31 heavy (non-hydrogen) atoms. The fraction of sp³-hybridized carbons (Fsp3) is 0.231. The third kappa shape index (κ3) is 5.01. The molecule has 0 aliphatic heterocycles. The average Bonchev–Trinajstić information content (AvgIpc) is 3.29. The largest absolute Gasteiger partial charge is 0.372 e. The average molecular weight is 414 g/mol. The molecule has 0 saturated carbocycles. The summed E-state index contributed by atoms with van der Waals surface area (Å²) in [6.07, 6.45) is 5.05. The van der Waals surface area contributed by atoms with E-state index in [9.17, 15) is 4.79 Å². The predicted octanol–water partition coefficient (Wildman–Crippen LogP) is 4.91. The molecule has 0 bridgehead atoms. The van der Waals surface area contributed by atoms with Gasteiger partial charge >= 0.3 is 0 Å². The second-order valence-electron chi connectivity index (χ2n) is 7.82. The second kappa shape index (κ2) is 9.58. The maximum atomic E-state index is 11.6. The van der Waals surface area contributed by atoms with Crippen LogP contribution in [-0.2, 0) is 17.8 Å². The van der Waals surface area contributed by atoms with Crippen LogP contribution in [0.2, 0.25) is 0 Å². The molecule has 158 valence electrons. The Labute approximate surface area is 182 Å². The van der Waals surface area contributed by atoms with Crippen LogP contribution in [0.4, 0.5) is 0 Å². The molecule has 1 amide bonds. The van der Waals surface area contributed by atoms with Gasteiger partial charge in [-0.15, -0.1) is 0 Å². The summed E-state index contributed by atoms with van der Waals surface area (Å²) in [5, 5.41) is 2.51. The number of rotatable bonds is 9. The summed E-state index contributed by atoms with van der Waals surface area (Å²) in [7, 11) is 0. The fourth-order valence-electron chi connectivity index (χ4n) is 4.00. The number of fused-ring (bicyclic) bond motifs is 1. The third-order valence-electron chi connectivity index (χ3n) is 5.72. The van der Waals surface area contributed by atoms with E-state index in [1.807, 2.05) is 22.8 Å². The number of amides is 1. The van der Waals surface area contributed by atoms with Crippen molar-refractivity contribution in [2.24, 2.45) is 5.73 Å². The second-order valence-corrected chi connectivity index (χ2v) is 7.82. The van der Waals surface area contributed by atoms with Gasteiger partial charge < -0.3 is 15.0 Å². The lowest BCUT2D eigenvalue weighted by Gasteiger charge is -2.26. The summed E-state index contributed by atoms with van der Waals surface area (Å²) in [5.74, 6) is -0.524. The number of carbonyl (C=O) groups excluding carboxylic acids is 1. The highest BCUT2D eigenvalue weighted by Gasteiger charge is 2.21. The molecule has 0 saturated heterocycles. The summed E-state index contributed by atoms with van der Waals surface area (Å²) >= 11 is 0. The summed E-state index contributed by atoms with van der Waals surface area (Å²) in [5.41, 5.74) is 8.12. The highest BCUT2D eigenvalue weighted by molar-refractivity contribution is 5.90. The number of aromatic nitrogens is 2. The summed E-state index contributed by atoms with van der Waals surface area (Å²) in [6, 6.07) is 25.0. The Morgan fingerprint density at radius 3 is 2.55 bits per heavy atom. The molecule has 0 aliphatic carbocycles. The number of imidazole rings is 1. The molecule has 4 rings (SSSR count). The Kier molecular flexibility index (Phi) is 6.43. The molecule has 0 fully saturated rings. The number of ether oxygens (including phenoxy) is 1. The molecule has 2 unspecified atom stereocenters. The molecule has 1 heterocycles. The predicted molar refractivity (Wildman–Crippen MR) is 123 cm³/mol. The number of primary amides is 1. The van der Waals surface area contributed by atoms with Crippen LogP contribution in [0.25, 0.3) is 10.8 Å². The third-order valence-corrected chi connectivity index (χ3v) is 5.72. The zero-order valence-corrected chi connectivity index (χ0v) is 17.6. The van der Waals surface area contributed by atoms with Gasteiger partial charge in [0.1, 0.15) is 5.69 Å². The van der Waals surface area contributed by atoms with E-state index in [0.717, 1.165) is 18.4 Å². The van der Waals surface area contributed by atoms with E-state index in [1.165, 1.54) is 16.3 Å². The summed E-state index contributed by atoms with van der Waals surface area (Å²) in [4.78, 5) is 15.7. The summed E-state index contributed by atoms with van der Waals surface area (Å²) in [6.45, 7) is 2.60. The Bertz CT molecular complexity index is 1150. The number of hydrogen-bond acceptors (Lipinski definition) is 3. The Hall–Kier alpha value is -3.44. The number of nitrogens with two attached hydrogens (primary N) is 1. The van der Waals surface area contributed by atoms with Crippen molar-refractivity contribution in [3.05, 3.63) is 102 Å². The van der Waals surface area contributed by atoms with Gasteiger partial charge in [-0.05, 0) is 41.7 Å². The number of aryl methyl sites for hydroxylation is 1. The minimum absolute atomic E-state index is 0.0169. The van der Waals surface area contributed by atoms with Crippen molar-refractivity contribution >= 4 is 16.7 Å². The maximum absolute atomic E-state index is 11.6. The highest BCUT2D eigenvalue weighted by Crippen LogP contribution is 2.26. The number of benzene rings is 3. The lowest BCUT2D eigenvalue weighted by atomic mass is 9.97. The first-order valence-corrected chi connectivity index (χ1v) is 10.6. The van der Waals surface area contributed by atoms with Gasteiger partial charge in [0, 0.05) is 6.20 Å². The van der Waals surface area contributed by atoms with Crippen LogP contribution in [0.5, 0.6) is 0 Å². The molecule has 4 aromatic rings. The molecule has 5 heteroatoms. The van der Waals surface area contributed by atoms with E-state index in [0.29, 0.717) is 6.61 Å². The lowest BCUT2D eigenvalue weighted by Crippen LogP contribution is -2.24. The molecular weight excluding hydrogens is 386 g/mol. The fourth-order valence-corrected chi connectivity index (χ4v) is 4.00. The van der Waals surface area contributed by atoms with Gasteiger partial charge in [0.05, 0.1) is 25.1 Å². The van der Waals surface area contributed by atoms with Gasteiger partial charge in [-0.3, -0.25) is 4.79 Å². The highest BCUT2D eigenvalue weighted by atomic mass is 16.5. The first-order chi connectivity index (χ1) is 15.1. The molecule has 1 aromatic heterocycles. The molecule has 2 N–H and O–H groups in total. The van der Waals surface area contributed by atoms with Crippen LogP contribution in [-0.4, -0.2) is 21.6 Å². The van der Waals surface area contributed by atoms with Gasteiger partial charge in [0.15, 0.2) is 0 Å². The van der Waals surface area contributed by atoms with Crippen LogP contribution in [0, 0.1) is 0 Å². The molecule has 0 radical (unpaired) electrons. The van der Waals surface area contributed by atoms with Crippen molar-refractivity contribution in [3.63, 3.8) is 0 Å². The van der Waals surface area contributed by atoms with E-state index in [2.05, 4.69) is 66.5 Å². The monoisotopic (exact) mass is 413 g/mol. The minimum Gasteiger partial charge on any atom is -0.372 e. The summed E-state index contributed by atoms with van der Waals surface area (Å²) < 4.78 is 8.18. The van der Waals surface area contributed by atoms with Crippen molar-refractivity contribution in [2.75, 3.05) is 0 Å². The van der Waals surface area contributed by atoms with E-state index in [-0.39, 0.29) is 17.8 Å². The Morgan fingerprint density at radius 1 is 1.03 bits per heavy atom.